The molecule has 1 amide bonds. The standard InChI is InChI=1S/C22H25NO5/c1-16-6-3-4-8-18(16)14-28-19-9-5-7-17(12-19)13-20(24)23-11-10-22(15-23,27-2)21(25)26/h3-9,12H,10-11,13-15H2,1-2H3,(H,25,26). The maximum absolute atomic E-state index is 12.6. The second kappa shape index (κ2) is 8.44. The molecule has 0 aromatic heterocycles. The number of methoxy groups -OCH3 is 1. The Morgan fingerprint density at radius 2 is 1.96 bits per heavy atom. The van der Waals surface area contributed by atoms with Gasteiger partial charge in [-0.05, 0) is 35.7 Å². The van der Waals surface area contributed by atoms with E-state index >= 15 is 0 Å². The van der Waals surface area contributed by atoms with Gasteiger partial charge >= 0.3 is 5.97 Å². The van der Waals surface area contributed by atoms with Crippen LogP contribution in [0.2, 0.25) is 0 Å². The van der Waals surface area contributed by atoms with Gasteiger partial charge in [-0.2, -0.15) is 0 Å². The average molecular weight is 383 g/mol. The smallest absolute Gasteiger partial charge is 0.337 e. The van der Waals surface area contributed by atoms with Gasteiger partial charge in [0.2, 0.25) is 5.91 Å². The van der Waals surface area contributed by atoms with Gasteiger partial charge in [-0.15, -0.1) is 0 Å². The van der Waals surface area contributed by atoms with Gasteiger partial charge in [-0.3, -0.25) is 4.79 Å². The normalized spacial score (nSPS) is 18.9. The fraction of sp³-hybridized carbons (Fsp3) is 0.364. The monoisotopic (exact) mass is 383 g/mol. The molecule has 2 aromatic carbocycles. The molecule has 1 aliphatic rings. The number of nitrogens with zero attached hydrogens (tertiary/aromatic N) is 1. The molecule has 1 atom stereocenters. The van der Waals surface area contributed by atoms with Crippen molar-refractivity contribution in [2.24, 2.45) is 0 Å². The van der Waals surface area contributed by atoms with Gasteiger partial charge in [0.25, 0.3) is 0 Å². The van der Waals surface area contributed by atoms with E-state index in [1.165, 1.54) is 12.7 Å². The molecule has 148 valence electrons. The minimum Gasteiger partial charge on any atom is -0.489 e. The van der Waals surface area contributed by atoms with Gasteiger partial charge in [0, 0.05) is 20.1 Å². The molecule has 6 heteroatoms. The summed E-state index contributed by atoms with van der Waals surface area (Å²) in [6.07, 6.45) is 0.491. The largest absolute Gasteiger partial charge is 0.489 e. The summed E-state index contributed by atoms with van der Waals surface area (Å²) in [6, 6.07) is 15.5. The summed E-state index contributed by atoms with van der Waals surface area (Å²) in [6.45, 7) is 2.95. The summed E-state index contributed by atoms with van der Waals surface area (Å²) in [5.74, 6) is -0.445. The van der Waals surface area contributed by atoms with Gasteiger partial charge in [0.05, 0.1) is 13.0 Å². The summed E-state index contributed by atoms with van der Waals surface area (Å²) < 4.78 is 11.1. The minimum absolute atomic E-state index is 0.0706. The van der Waals surface area contributed by atoms with E-state index in [0.717, 1.165) is 11.1 Å². The van der Waals surface area contributed by atoms with Crippen molar-refractivity contribution >= 4 is 11.9 Å². The molecule has 1 N–H and O–H groups in total. The highest BCUT2D eigenvalue weighted by molar-refractivity contribution is 5.83. The van der Waals surface area contributed by atoms with E-state index in [4.69, 9.17) is 9.47 Å². The third kappa shape index (κ3) is 4.34. The Labute approximate surface area is 164 Å². The zero-order chi connectivity index (χ0) is 20.1. The highest BCUT2D eigenvalue weighted by Crippen LogP contribution is 2.26. The average Bonchev–Trinajstić information content (AvgIpc) is 3.14. The first kappa shape index (κ1) is 19.9. The van der Waals surface area contributed by atoms with Crippen LogP contribution < -0.4 is 4.74 Å². The summed E-state index contributed by atoms with van der Waals surface area (Å²) >= 11 is 0. The first-order valence-corrected chi connectivity index (χ1v) is 9.26. The van der Waals surface area contributed by atoms with E-state index in [0.29, 0.717) is 25.3 Å². The number of hydrogen-bond donors (Lipinski definition) is 1. The van der Waals surface area contributed by atoms with E-state index in [2.05, 4.69) is 0 Å². The maximum Gasteiger partial charge on any atom is 0.337 e. The molecule has 1 fully saturated rings. The second-order valence-electron chi connectivity index (χ2n) is 7.11. The number of carboxylic acid groups (broad SMARTS) is 1. The molecular formula is C22H25NO5. The number of carboxylic acids is 1. The summed E-state index contributed by atoms with van der Waals surface area (Å²) in [7, 11) is 1.37. The topological polar surface area (TPSA) is 76.1 Å². The first-order chi connectivity index (χ1) is 13.4. The third-order valence-electron chi connectivity index (χ3n) is 5.27. The van der Waals surface area contributed by atoms with Gasteiger partial charge in [0.1, 0.15) is 12.4 Å². The molecule has 0 bridgehead atoms. The van der Waals surface area contributed by atoms with Crippen molar-refractivity contribution in [1.82, 2.24) is 4.90 Å². The molecule has 1 unspecified atom stereocenters. The number of likely N-dealkylation sites (tertiary alicyclic amines) is 1. The van der Waals surface area contributed by atoms with Crippen molar-refractivity contribution in [3.8, 4) is 5.75 Å². The first-order valence-electron chi connectivity index (χ1n) is 9.26. The third-order valence-corrected chi connectivity index (χ3v) is 5.27. The Kier molecular flexibility index (Phi) is 5.99. The van der Waals surface area contributed by atoms with E-state index in [9.17, 15) is 14.7 Å². The fourth-order valence-corrected chi connectivity index (χ4v) is 3.39. The van der Waals surface area contributed by atoms with Crippen molar-refractivity contribution < 1.29 is 24.2 Å². The Hall–Kier alpha value is -2.86. The quantitative estimate of drug-likeness (QED) is 0.796. The van der Waals surface area contributed by atoms with Gasteiger partial charge < -0.3 is 19.5 Å². The lowest BCUT2D eigenvalue weighted by atomic mass is 10.0. The van der Waals surface area contributed by atoms with Crippen molar-refractivity contribution in [3.05, 3.63) is 65.2 Å². The molecule has 1 saturated heterocycles. The van der Waals surface area contributed by atoms with Crippen LogP contribution in [0.15, 0.2) is 48.5 Å². The van der Waals surface area contributed by atoms with Crippen LogP contribution in [0.1, 0.15) is 23.1 Å². The molecular weight excluding hydrogens is 358 g/mol. The maximum atomic E-state index is 12.6. The van der Waals surface area contributed by atoms with Crippen LogP contribution in [0.3, 0.4) is 0 Å². The summed E-state index contributed by atoms with van der Waals surface area (Å²) in [5, 5.41) is 9.38. The lowest BCUT2D eigenvalue weighted by molar-refractivity contribution is -0.160. The Bertz CT molecular complexity index is 866. The highest BCUT2D eigenvalue weighted by Gasteiger charge is 2.46. The number of amides is 1. The van der Waals surface area contributed by atoms with Crippen molar-refractivity contribution in [3.63, 3.8) is 0 Å². The molecule has 3 rings (SSSR count). The number of ether oxygens (including phenoxy) is 2. The zero-order valence-corrected chi connectivity index (χ0v) is 16.2. The summed E-state index contributed by atoms with van der Waals surface area (Å²) in [4.78, 5) is 25.6. The molecule has 0 spiro atoms. The second-order valence-corrected chi connectivity index (χ2v) is 7.11. The molecule has 0 aliphatic carbocycles. The molecule has 6 nitrogen and oxygen atoms in total. The molecule has 0 saturated carbocycles. The number of benzene rings is 2. The Morgan fingerprint density at radius 1 is 1.18 bits per heavy atom. The van der Waals surface area contributed by atoms with Crippen LogP contribution in [0.5, 0.6) is 5.75 Å². The molecule has 1 heterocycles. The van der Waals surface area contributed by atoms with E-state index < -0.39 is 11.6 Å². The number of hydrogen-bond acceptors (Lipinski definition) is 4. The molecule has 1 aliphatic heterocycles. The molecule has 2 aromatic rings. The highest BCUT2D eigenvalue weighted by atomic mass is 16.5. The van der Waals surface area contributed by atoms with Crippen LogP contribution in [0.25, 0.3) is 0 Å². The number of aryl methyl sites for hydroxylation is 1. The number of carbonyl (C=O) groups is 2. The van der Waals surface area contributed by atoms with Gasteiger partial charge in [-0.1, -0.05) is 36.4 Å². The van der Waals surface area contributed by atoms with Crippen LogP contribution in [0, 0.1) is 6.92 Å². The van der Waals surface area contributed by atoms with Crippen molar-refractivity contribution in [1.29, 1.82) is 0 Å². The van der Waals surface area contributed by atoms with Crippen LogP contribution in [0.4, 0.5) is 0 Å². The zero-order valence-electron chi connectivity index (χ0n) is 16.2. The number of aliphatic carboxylic acids is 1. The lowest BCUT2D eigenvalue weighted by Gasteiger charge is -2.23. The van der Waals surface area contributed by atoms with Crippen LogP contribution in [-0.4, -0.2) is 47.7 Å². The predicted octanol–water partition coefficient (Wildman–Crippen LogP) is 2.82. The van der Waals surface area contributed by atoms with Crippen LogP contribution in [-0.2, 0) is 27.4 Å². The SMILES string of the molecule is COC1(C(=O)O)CCN(C(=O)Cc2cccc(OCc3ccccc3C)c2)C1. The number of carbonyl (C=O) groups excluding carboxylic acids is 1. The van der Waals surface area contributed by atoms with Gasteiger partial charge in [0.15, 0.2) is 5.60 Å². The molecule has 28 heavy (non-hydrogen) atoms. The van der Waals surface area contributed by atoms with E-state index in [1.54, 1.807) is 4.90 Å². The Morgan fingerprint density at radius 3 is 2.64 bits per heavy atom. The van der Waals surface area contributed by atoms with E-state index in [-0.39, 0.29) is 18.9 Å². The van der Waals surface area contributed by atoms with E-state index in [1.807, 2.05) is 55.5 Å². The van der Waals surface area contributed by atoms with Crippen molar-refractivity contribution in [2.45, 2.75) is 32.0 Å². The van der Waals surface area contributed by atoms with Crippen LogP contribution >= 0.6 is 0 Å². The Balaban J connectivity index is 1.61. The minimum atomic E-state index is -1.30. The van der Waals surface area contributed by atoms with Crippen molar-refractivity contribution in [2.75, 3.05) is 20.2 Å². The molecule has 0 radical (unpaired) electrons. The fourth-order valence-electron chi connectivity index (χ4n) is 3.39. The summed E-state index contributed by atoms with van der Waals surface area (Å²) in [5.41, 5.74) is 1.82. The van der Waals surface area contributed by atoms with Gasteiger partial charge in [-0.25, -0.2) is 4.79 Å². The lowest BCUT2D eigenvalue weighted by Crippen LogP contribution is -2.44. The predicted molar refractivity (Wildman–Crippen MR) is 104 cm³/mol. The number of rotatable bonds is 7.